The monoisotopic (exact) mass is 355 g/mol. The fraction of sp³-hybridized carbons (Fsp3) is 0.222. The second kappa shape index (κ2) is 7.30. The Kier molecular flexibility index (Phi) is 4.92. The van der Waals surface area contributed by atoms with Crippen LogP contribution in [0.3, 0.4) is 0 Å². The molecule has 0 bridgehead atoms. The van der Waals surface area contributed by atoms with Crippen molar-refractivity contribution in [1.29, 1.82) is 0 Å². The molecule has 0 aliphatic carbocycles. The molecule has 0 unspecified atom stereocenters. The summed E-state index contributed by atoms with van der Waals surface area (Å²) < 4.78 is 17.3. The molecule has 3 rings (SSSR count). The average Bonchev–Trinajstić information content (AvgIpc) is 3.03. The third kappa shape index (κ3) is 3.53. The van der Waals surface area contributed by atoms with E-state index in [2.05, 4.69) is 15.4 Å². The van der Waals surface area contributed by atoms with Gasteiger partial charge in [0.05, 0.1) is 5.69 Å². The molecular weight excluding hydrogens is 337 g/mol. The van der Waals surface area contributed by atoms with Crippen LogP contribution in [0.5, 0.6) is 0 Å². The molecule has 3 aromatic rings. The lowest BCUT2D eigenvalue weighted by Gasteiger charge is -2.10. The number of nitrogens with zero attached hydrogens (tertiary/aromatic N) is 4. The van der Waals surface area contributed by atoms with Crippen molar-refractivity contribution in [3.63, 3.8) is 0 Å². The summed E-state index contributed by atoms with van der Waals surface area (Å²) in [6.45, 7) is 4.10. The van der Waals surface area contributed by atoms with E-state index in [1.807, 2.05) is 6.92 Å². The van der Waals surface area contributed by atoms with E-state index in [1.54, 1.807) is 36.0 Å². The molecule has 0 spiro atoms. The number of anilines is 1. The van der Waals surface area contributed by atoms with Gasteiger partial charge >= 0.3 is 0 Å². The van der Waals surface area contributed by atoms with Gasteiger partial charge in [-0.2, -0.15) is 5.10 Å². The van der Waals surface area contributed by atoms with Gasteiger partial charge in [0.15, 0.2) is 0 Å². The molecule has 1 amide bonds. The molecule has 0 aliphatic rings. The molecule has 0 atom stereocenters. The summed E-state index contributed by atoms with van der Waals surface area (Å²) in [6.07, 6.45) is 3.96. The van der Waals surface area contributed by atoms with Crippen LogP contribution in [-0.2, 0) is 6.54 Å². The van der Waals surface area contributed by atoms with Crippen LogP contribution in [0.25, 0.3) is 5.69 Å². The molecule has 2 heterocycles. The summed E-state index contributed by atoms with van der Waals surface area (Å²) in [5.74, 6) is -0.350. The average molecular weight is 355 g/mol. The first-order valence-corrected chi connectivity index (χ1v) is 8.19. The molecule has 134 valence electrons. The second-order valence-corrected chi connectivity index (χ2v) is 5.74. The second-order valence-electron chi connectivity index (χ2n) is 5.74. The first kappa shape index (κ1) is 17.5. The highest BCUT2D eigenvalue weighted by Gasteiger charge is 2.12. The Hall–Kier alpha value is -3.29. The van der Waals surface area contributed by atoms with Crippen molar-refractivity contribution >= 4 is 11.6 Å². The molecule has 8 heteroatoms. The number of amides is 1. The zero-order valence-electron chi connectivity index (χ0n) is 14.4. The van der Waals surface area contributed by atoms with Crippen molar-refractivity contribution in [2.45, 2.75) is 26.8 Å². The highest BCUT2D eigenvalue weighted by atomic mass is 19.1. The van der Waals surface area contributed by atoms with Gasteiger partial charge in [0.25, 0.3) is 11.5 Å². The van der Waals surface area contributed by atoms with Gasteiger partial charge in [0.2, 0.25) is 0 Å². The molecule has 0 saturated carbocycles. The zero-order chi connectivity index (χ0) is 18.7. The van der Waals surface area contributed by atoms with Gasteiger partial charge in [-0.05, 0) is 37.6 Å². The lowest BCUT2D eigenvalue weighted by Crippen LogP contribution is -2.26. The van der Waals surface area contributed by atoms with E-state index in [0.29, 0.717) is 23.7 Å². The molecule has 2 aromatic heterocycles. The number of benzene rings is 1. The molecule has 26 heavy (non-hydrogen) atoms. The number of rotatable bonds is 5. The van der Waals surface area contributed by atoms with E-state index < -0.39 is 11.7 Å². The topological polar surface area (TPSA) is 81.8 Å². The van der Waals surface area contributed by atoms with Crippen molar-refractivity contribution in [3.05, 3.63) is 70.4 Å². The number of aryl methyl sites for hydroxylation is 2. The number of halogens is 1. The minimum Gasteiger partial charge on any atom is -0.320 e. The van der Waals surface area contributed by atoms with E-state index in [9.17, 15) is 14.0 Å². The summed E-state index contributed by atoms with van der Waals surface area (Å²) in [5.41, 5.74) is 0.458. The highest BCUT2D eigenvalue weighted by molar-refractivity contribution is 6.02. The van der Waals surface area contributed by atoms with Crippen LogP contribution in [0.4, 0.5) is 10.1 Å². The number of nitrogens with one attached hydrogen (secondary N) is 1. The third-order valence-corrected chi connectivity index (χ3v) is 3.83. The van der Waals surface area contributed by atoms with Crippen LogP contribution >= 0.6 is 0 Å². The van der Waals surface area contributed by atoms with Crippen LogP contribution < -0.4 is 10.9 Å². The number of carbonyl (C=O) groups excluding carboxylic acids is 1. The Bertz CT molecular complexity index is 1010. The van der Waals surface area contributed by atoms with Gasteiger partial charge in [-0.25, -0.2) is 14.1 Å². The Morgan fingerprint density at radius 3 is 2.73 bits per heavy atom. The Morgan fingerprint density at radius 2 is 2.08 bits per heavy atom. The first-order valence-electron chi connectivity index (χ1n) is 8.19. The molecule has 1 N–H and O–H groups in total. The normalized spacial score (nSPS) is 10.7. The van der Waals surface area contributed by atoms with Crippen molar-refractivity contribution in [2.75, 3.05) is 5.32 Å². The summed E-state index contributed by atoms with van der Waals surface area (Å²) in [6, 6.07) is 7.03. The van der Waals surface area contributed by atoms with E-state index in [-0.39, 0.29) is 11.3 Å². The molecule has 0 fully saturated rings. The molecule has 1 aromatic carbocycles. The van der Waals surface area contributed by atoms with Gasteiger partial charge in [-0.15, -0.1) is 0 Å². The van der Waals surface area contributed by atoms with E-state index in [0.717, 1.165) is 6.42 Å². The van der Waals surface area contributed by atoms with Gasteiger partial charge in [0.1, 0.15) is 17.3 Å². The van der Waals surface area contributed by atoms with E-state index >= 15 is 0 Å². The van der Waals surface area contributed by atoms with Gasteiger partial charge in [0, 0.05) is 30.7 Å². The fourth-order valence-electron chi connectivity index (χ4n) is 2.55. The zero-order valence-corrected chi connectivity index (χ0v) is 14.4. The van der Waals surface area contributed by atoms with Crippen LogP contribution in [0.15, 0.2) is 47.5 Å². The number of hydrogen-bond acceptors (Lipinski definition) is 4. The summed E-state index contributed by atoms with van der Waals surface area (Å²) in [5, 5.41) is 6.63. The number of imidazole rings is 1. The maximum absolute atomic E-state index is 14.4. The highest BCUT2D eigenvalue weighted by Crippen LogP contribution is 2.19. The van der Waals surface area contributed by atoms with Crippen LogP contribution in [-0.4, -0.2) is 25.2 Å². The molecular formula is C18H18FN5O2. The minimum atomic E-state index is -0.513. The van der Waals surface area contributed by atoms with Gasteiger partial charge in [-0.3, -0.25) is 9.59 Å². The number of carbonyl (C=O) groups is 1. The maximum atomic E-state index is 14.4. The summed E-state index contributed by atoms with van der Waals surface area (Å²) in [7, 11) is 0. The molecule has 0 aliphatic heterocycles. The minimum absolute atomic E-state index is 0.0907. The predicted molar refractivity (Wildman–Crippen MR) is 95.0 cm³/mol. The molecule has 7 nitrogen and oxygen atoms in total. The van der Waals surface area contributed by atoms with E-state index in [4.69, 9.17) is 0 Å². The fourth-order valence-corrected chi connectivity index (χ4v) is 2.55. The van der Waals surface area contributed by atoms with Crippen molar-refractivity contribution in [1.82, 2.24) is 19.3 Å². The van der Waals surface area contributed by atoms with E-state index in [1.165, 1.54) is 22.9 Å². The largest absolute Gasteiger partial charge is 0.320 e. The van der Waals surface area contributed by atoms with Crippen LogP contribution in [0.1, 0.15) is 29.7 Å². The van der Waals surface area contributed by atoms with Crippen molar-refractivity contribution < 1.29 is 9.18 Å². The van der Waals surface area contributed by atoms with Crippen LogP contribution in [0.2, 0.25) is 0 Å². The van der Waals surface area contributed by atoms with Crippen molar-refractivity contribution in [3.8, 4) is 5.69 Å². The molecule has 0 radical (unpaired) electrons. The Labute approximate surface area is 149 Å². The summed E-state index contributed by atoms with van der Waals surface area (Å²) in [4.78, 5) is 28.1. The lowest BCUT2D eigenvalue weighted by atomic mass is 10.2. The van der Waals surface area contributed by atoms with Crippen molar-refractivity contribution in [2.24, 2.45) is 0 Å². The number of aromatic nitrogens is 4. The number of hydrogen-bond donors (Lipinski definition) is 1. The predicted octanol–water partition coefficient (Wildman–Crippen LogP) is 2.54. The Morgan fingerprint density at radius 1 is 1.27 bits per heavy atom. The summed E-state index contributed by atoms with van der Waals surface area (Å²) >= 11 is 0. The first-order chi connectivity index (χ1) is 12.5. The third-order valence-electron chi connectivity index (χ3n) is 3.83. The smallest absolute Gasteiger partial charge is 0.276 e. The lowest BCUT2D eigenvalue weighted by molar-refractivity contribution is 0.101. The van der Waals surface area contributed by atoms with Gasteiger partial charge < -0.3 is 9.88 Å². The van der Waals surface area contributed by atoms with Gasteiger partial charge in [-0.1, -0.05) is 6.92 Å². The standard InChI is InChI=1S/C18H18FN5O2/c1-3-9-24-17(25)7-5-15(22-24)18(26)21-13-4-6-16(14(19)11-13)23-10-8-20-12(23)2/h4-8,10-11H,3,9H2,1-2H3,(H,21,26). The molecule has 0 saturated heterocycles. The SMILES string of the molecule is CCCn1nc(C(=O)Nc2ccc(-n3ccnc3C)c(F)c2)ccc1=O. The van der Waals surface area contributed by atoms with Crippen LogP contribution in [0, 0.1) is 12.7 Å². The maximum Gasteiger partial charge on any atom is 0.276 e. The Balaban J connectivity index is 1.82. The quantitative estimate of drug-likeness (QED) is 0.762.